The summed E-state index contributed by atoms with van der Waals surface area (Å²) >= 11 is 0. The SMILES string of the molecule is Fc1ccccc1-c1ccnc2[nH]c(-c3n[nH]c4ncc(-c5cncc(CN6CCCCC6)c5)c(F)c34)nc12. The number of nitrogens with zero attached hydrogens (tertiary/aromatic N) is 6. The minimum Gasteiger partial charge on any atom is -0.321 e. The van der Waals surface area contributed by atoms with Crippen LogP contribution in [0, 0.1) is 11.6 Å². The van der Waals surface area contributed by atoms with Crippen molar-refractivity contribution in [1.82, 2.24) is 40.0 Å². The maximum absolute atomic E-state index is 16.1. The van der Waals surface area contributed by atoms with Crippen LogP contribution in [0.5, 0.6) is 0 Å². The fourth-order valence-corrected chi connectivity index (χ4v) is 5.34. The lowest BCUT2D eigenvalue weighted by atomic mass is 10.0. The molecule has 0 bridgehead atoms. The monoisotopic (exact) mass is 522 g/mol. The van der Waals surface area contributed by atoms with Gasteiger partial charge in [0.1, 0.15) is 22.8 Å². The highest BCUT2D eigenvalue weighted by molar-refractivity contribution is 5.96. The highest BCUT2D eigenvalue weighted by Gasteiger charge is 2.22. The lowest BCUT2D eigenvalue weighted by Crippen LogP contribution is -2.29. The van der Waals surface area contributed by atoms with Crippen LogP contribution in [0.1, 0.15) is 24.8 Å². The standard InChI is InChI=1S/C29H24F2N8/c30-22-7-3-2-6-19(22)20-8-9-33-28-25(20)35-29(36-28)26-23-24(31)21(15-34-27(23)38-37-26)18-12-17(13-32-14-18)16-39-10-4-1-5-11-39/h2-3,6-9,12-15H,1,4-5,10-11,16H2,(H,33,35,36)(H,34,37,38). The summed E-state index contributed by atoms with van der Waals surface area (Å²) in [5, 5.41) is 7.34. The summed E-state index contributed by atoms with van der Waals surface area (Å²) in [7, 11) is 0. The van der Waals surface area contributed by atoms with Crippen molar-refractivity contribution in [2.45, 2.75) is 25.8 Å². The Balaban J connectivity index is 1.30. The van der Waals surface area contributed by atoms with Gasteiger partial charge in [0.05, 0.1) is 5.39 Å². The molecule has 0 aliphatic carbocycles. The van der Waals surface area contributed by atoms with Crippen molar-refractivity contribution in [3.8, 4) is 33.8 Å². The van der Waals surface area contributed by atoms with Crippen molar-refractivity contribution in [1.29, 1.82) is 0 Å². The fourth-order valence-electron chi connectivity index (χ4n) is 5.34. The Morgan fingerprint density at radius 3 is 2.62 bits per heavy atom. The van der Waals surface area contributed by atoms with Crippen LogP contribution in [0.2, 0.25) is 0 Å². The number of fused-ring (bicyclic) bond motifs is 2. The minimum absolute atomic E-state index is 0.209. The van der Waals surface area contributed by atoms with Crippen LogP contribution in [-0.4, -0.2) is 53.1 Å². The molecule has 8 nitrogen and oxygen atoms in total. The van der Waals surface area contributed by atoms with E-state index in [2.05, 4.69) is 40.0 Å². The average molecular weight is 523 g/mol. The van der Waals surface area contributed by atoms with Crippen molar-refractivity contribution in [3.63, 3.8) is 0 Å². The molecule has 6 heterocycles. The molecule has 7 rings (SSSR count). The third-order valence-corrected chi connectivity index (χ3v) is 7.26. The van der Waals surface area contributed by atoms with Gasteiger partial charge in [-0.05, 0) is 49.7 Å². The highest BCUT2D eigenvalue weighted by Crippen LogP contribution is 2.34. The molecule has 1 saturated heterocycles. The number of hydrogen-bond donors (Lipinski definition) is 2. The van der Waals surface area contributed by atoms with Crippen molar-refractivity contribution in [3.05, 3.63) is 78.4 Å². The van der Waals surface area contributed by atoms with Gasteiger partial charge in [-0.15, -0.1) is 0 Å². The molecule has 0 spiro atoms. The van der Waals surface area contributed by atoms with Crippen LogP contribution in [0.4, 0.5) is 8.78 Å². The first-order valence-corrected chi connectivity index (χ1v) is 12.9. The molecule has 1 aliphatic rings. The summed E-state index contributed by atoms with van der Waals surface area (Å²) in [4.78, 5) is 23.4. The third kappa shape index (κ3) is 4.22. The van der Waals surface area contributed by atoms with E-state index in [1.165, 1.54) is 31.5 Å². The molecule has 39 heavy (non-hydrogen) atoms. The number of aromatic nitrogens is 7. The van der Waals surface area contributed by atoms with Gasteiger partial charge in [0.2, 0.25) is 0 Å². The normalized spacial score (nSPS) is 14.4. The van der Waals surface area contributed by atoms with Crippen LogP contribution >= 0.6 is 0 Å². The molecule has 0 atom stereocenters. The minimum atomic E-state index is -0.469. The summed E-state index contributed by atoms with van der Waals surface area (Å²) < 4.78 is 30.7. The van der Waals surface area contributed by atoms with Crippen LogP contribution in [-0.2, 0) is 6.54 Å². The second kappa shape index (κ2) is 9.63. The first kappa shape index (κ1) is 23.5. The molecular formula is C29H24F2N8. The quantitative estimate of drug-likeness (QED) is 0.293. The Labute approximate surface area is 222 Å². The molecule has 5 aromatic heterocycles. The molecule has 0 amide bonds. The maximum atomic E-state index is 16.1. The van der Waals surface area contributed by atoms with Crippen molar-refractivity contribution < 1.29 is 8.78 Å². The number of pyridine rings is 3. The first-order valence-electron chi connectivity index (χ1n) is 12.9. The van der Waals surface area contributed by atoms with E-state index >= 15 is 4.39 Å². The van der Waals surface area contributed by atoms with E-state index < -0.39 is 5.82 Å². The topological polar surface area (TPSA) is 99.3 Å². The number of hydrogen-bond acceptors (Lipinski definition) is 6. The van der Waals surface area contributed by atoms with E-state index in [4.69, 9.17) is 0 Å². The molecule has 1 aromatic carbocycles. The van der Waals surface area contributed by atoms with Crippen LogP contribution in [0.3, 0.4) is 0 Å². The highest BCUT2D eigenvalue weighted by atomic mass is 19.1. The summed E-state index contributed by atoms with van der Waals surface area (Å²) in [6.07, 6.45) is 10.2. The lowest BCUT2D eigenvalue weighted by molar-refractivity contribution is 0.220. The molecule has 0 radical (unpaired) electrons. The number of rotatable bonds is 5. The van der Waals surface area contributed by atoms with Gasteiger partial charge in [-0.1, -0.05) is 24.6 Å². The molecule has 0 saturated carbocycles. The van der Waals surface area contributed by atoms with E-state index in [0.717, 1.165) is 25.2 Å². The van der Waals surface area contributed by atoms with Crippen LogP contribution in [0.25, 0.3) is 56.0 Å². The van der Waals surface area contributed by atoms with Gasteiger partial charge in [-0.2, -0.15) is 5.10 Å². The Bertz CT molecular complexity index is 1820. The van der Waals surface area contributed by atoms with E-state index in [1.807, 2.05) is 12.3 Å². The van der Waals surface area contributed by atoms with E-state index in [0.29, 0.717) is 44.9 Å². The number of imidazole rings is 1. The molecule has 6 aromatic rings. The van der Waals surface area contributed by atoms with Gasteiger partial charge in [0.25, 0.3) is 0 Å². The van der Waals surface area contributed by atoms with Crippen molar-refractivity contribution in [2.24, 2.45) is 0 Å². The fraction of sp³-hybridized carbons (Fsp3) is 0.207. The Morgan fingerprint density at radius 2 is 1.74 bits per heavy atom. The molecule has 1 fully saturated rings. The van der Waals surface area contributed by atoms with Gasteiger partial charge >= 0.3 is 0 Å². The predicted octanol–water partition coefficient (Wildman–Crippen LogP) is 5.89. The number of benzene rings is 1. The zero-order valence-electron chi connectivity index (χ0n) is 21.0. The molecule has 2 N–H and O–H groups in total. The van der Waals surface area contributed by atoms with Crippen LogP contribution < -0.4 is 0 Å². The van der Waals surface area contributed by atoms with Crippen molar-refractivity contribution >= 4 is 22.2 Å². The molecule has 1 aliphatic heterocycles. The molecular weight excluding hydrogens is 498 g/mol. The zero-order valence-corrected chi connectivity index (χ0v) is 21.0. The summed E-state index contributed by atoms with van der Waals surface area (Å²) in [6.45, 7) is 2.91. The Morgan fingerprint density at radius 1 is 0.872 bits per heavy atom. The Hall–Kier alpha value is -4.57. The van der Waals surface area contributed by atoms with E-state index in [-0.39, 0.29) is 16.9 Å². The summed E-state index contributed by atoms with van der Waals surface area (Å²) in [6, 6.07) is 10.2. The van der Waals surface area contributed by atoms with E-state index in [1.54, 1.807) is 36.7 Å². The molecule has 0 unspecified atom stereocenters. The predicted molar refractivity (Wildman–Crippen MR) is 144 cm³/mol. The van der Waals surface area contributed by atoms with Gasteiger partial charge in [0.15, 0.2) is 17.1 Å². The largest absolute Gasteiger partial charge is 0.321 e. The van der Waals surface area contributed by atoms with Gasteiger partial charge in [0, 0.05) is 53.6 Å². The third-order valence-electron chi connectivity index (χ3n) is 7.26. The van der Waals surface area contributed by atoms with Gasteiger partial charge < -0.3 is 4.98 Å². The number of nitrogens with one attached hydrogen (secondary N) is 2. The Kier molecular flexibility index (Phi) is 5.81. The average Bonchev–Trinajstić information content (AvgIpc) is 3.59. The smallest absolute Gasteiger partial charge is 0.161 e. The number of likely N-dealkylation sites (tertiary alicyclic amines) is 1. The molecule has 10 heteroatoms. The number of halogens is 2. The van der Waals surface area contributed by atoms with Crippen LogP contribution in [0.15, 0.2) is 61.2 Å². The number of H-pyrrole nitrogens is 2. The van der Waals surface area contributed by atoms with E-state index in [9.17, 15) is 4.39 Å². The second-order valence-electron chi connectivity index (χ2n) is 9.82. The number of aromatic amines is 2. The summed E-state index contributed by atoms with van der Waals surface area (Å²) in [5.74, 6) is -0.526. The van der Waals surface area contributed by atoms with Gasteiger partial charge in [-0.3, -0.25) is 15.0 Å². The zero-order chi connectivity index (χ0) is 26.3. The molecule has 194 valence electrons. The van der Waals surface area contributed by atoms with Crippen molar-refractivity contribution in [2.75, 3.05) is 13.1 Å². The summed E-state index contributed by atoms with van der Waals surface area (Å²) in [5.41, 5.74) is 4.48. The maximum Gasteiger partial charge on any atom is 0.161 e. The lowest BCUT2D eigenvalue weighted by Gasteiger charge is -2.26. The number of piperidine rings is 1. The van der Waals surface area contributed by atoms with Gasteiger partial charge in [-0.25, -0.2) is 23.7 Å². The first-order chi connectivity index (χ1) is 19.2. The second-order valence-corrected chi connectivity index (χ2v) is 9.82.